The van der Waals surface area contributed by atoms with Crippen molar-refractivity contribution < 1.29 is 14.3 Å². The number of piperidine rings is 1. The smallest absolute Gasteiger partial charge is 0.228 e. The van der Waals surface area contributed by atoms with E-state index in [0.29, 0.717) is 12.4 Å². The Morgan fingerprint density at radius 1 is 1.14 bits per heavy atom. The van der Waals surface area contributed by atoms with Crippen LogP contribution in [0.4, 0.5) is 5.69 Å². The van der Waals surface area contributed by atoms with Crippen molar-refractivity contribution in [2.24, 2.45) is 11.3 Å². The van der Waals surface area contributed by atoms with Gasteiger partial charge in [0.05, 0.1) is 19.4 Å². The van der Waals surface area contributed by atoms with Gasteiger partial charge in [-0.3, -0.25) is 9.69 Å². The van der Waals surface area contributed by atoms with Crippen molar-refractivity contribution >= 4 is 11.6 Å². The second-order valence-electron chi connectivity index (χ2n) is 8.16. The van der Waals surface area contributed by atoms with Crippen molar-refractivity contribution in [1.82, 2.24) is 4.90 Å². The predicted molar refractivity (Wildman–Crippen MR) is 114 cm³/mol. The van der Waals surface area contributed by atoms with Crippen LogP contribution in [-0.2, 0) is 11.3 Å². The molecule has 2 aliphatic rings. The molecule has 0 radical (unpaired) electrons. The number of hydrogen-bond acceptors (Lipinski definition) is 4. The summed E-state index contributed by atoms with van der Waals surface area (Å²) < 4.78 is 10.9. The number of carbonyl (C=O) groups is 1. The lowest BCUT2D eigenvalue weighted by molar-refractivity contribution is -0.118. The summed E-state index contributed by atoms with van der Waals surface area (Å²) in [6, 6.07) is 16.0. The van der Waals surface area contributed by atoms with E-state index >= 15 is 0 Å². The van der Waals surface area contributed by atoms with Crippen molar-refractivity contribution in [3.05, 3.63) is 54.1 Å². The first-order chi connectivity index (χ1) is 14.1. The normalized spacial score (nSPS) is 20.3. The Kier molecular flexibility index (Phi) is 5.76. The topological polar surface area (TPSA) is 50.8 Å². The largest absolute Gasteiger partial charge is 0.495 e. The molecule has 1 saturated heterocycles. The summed E-state index contributed by atoms with van der Waals surface area (Å²) in [6.45, 7) is 5.75. The monoisotopic (exact) mass is 394 g/mol. The highest BCUT2D eigenvalue weighted by Gasteiger charge is 2.58. The number of ether oxygens (including phenoxy) is 2. The number of benzene rings is 2. The maximum absolute atomic E-state index is 12.8. The molecule has 2 fully saturated rings. The van der Waals surface area contributed by atoms with Gasteiger partial charge in [0.25, 0.3) is 0 Å². The van der Waals surface area contributed by atoms with Crippen molar-refractivity contribution in [1.29, 1.82) is 0 Å². The maximum Gasteiger partial charge on any atom is 0.228 e. The zero-order valence-corrected chi connectivity index (χ0v) is 17.3. The Morgan fingerprint density at radius 2 is 1.86 bits per heavy atom. The van der Waals surface area contributed by atoms with Gasteiger partial charge in [-0.25, -0.2) is 0 Å². The van der Waals surface area contributed by atoms with Gasteiger partial charge in [-0.2, -0.15) is 0 Å². The third-order valence-corrected chi connectivity index (χ3v) is 6.36. The van der Waals surface area contributed by atoms with E-state index in [4.69, 9.17) is 9.47 Å². The molecule has 2 aromatic carbocycles. The minimum absolute atomic E-state index is 0.125. The van der Waals surface area contributed by atoms with Gasteiger partial charge in [0.1, 0.15) is 11.5 Å². The van der Waals surface area contributed by atoms with Crippen LogP contribution in [0, 0.1) is 11.3 Å². The fourth-order valence-electron chi connectivity index (χ4n) is 4.51. The average molecular weight is 395 g/mol. The molecule has 5 nitrogen and oxygen atoms in total. The third kappa shape index (κ3) is 4.40. The molecule has 154 valence electrons. The molecule has 1 aliphatic carbocycles. The summed E-state index contributed by atoms with van der Waals surface area (Å²) in [5.74, 6) is 1.89. The van der Waals surface area contributed by atoms with E-state index < -0.39 is 0 Å². The lowest BCUT2D eigenvalue weighted by atomic mass is 9.90. The number of rotatable bonds is 7. The van der Waals surface area contributed by atoms with Crippen LogP contribution in [0.3, 0.4) is 0 Å². The molecule has 1 amide bonds. The van der Waals surface area contributed by atoms with Gasteiger partial charge in [-0.15, -0.1) is 0 Å². The van der Waals surface area contributed by atoms with Gasteiger partial charge < -0.3 is 14.8 Å². The van der Waals surface area contributed by atoms with Crippen LogP contribution in [0.1, 0.15) is 31.7 Å². The first-order valence-electron chi connectivity index (χ1n) is 10.5. The Bertz CT molecular complexity index is 841. The zero-order valence-electron chi connectivity index (χ0n) is 17.3. The molecular formula is C24H30N2O3. The molecule has 1 spiro atoms. The molecule has 4 rings (SSSR count). The molecule has 29 heavy (non-hydrogen) atoms. The van der Waals surface area contributed by atoms with Gasteiger partial charge in [0, 0.05) is 12.5 Å². The molecule has 1 heterocycles. The number of nitrogens with zero attached hydrogens (tertiary/aromatic N) is 1. The Morgan fingerprint density at radius 3 is 2.55 bits per heavy atom. The Hall–Kier alpha value is -2.53. The van der Waals surface area contributed by atoms with E-state index in [1.54, 1.807) is 7.11 Å². The fourth-order valence-corrected chi connectivity index (χ4v) is 4.51. The third-order valence-electron chi connectivity index (χ3n) is 6.36. The molecule has 0 aromatic heterocycles. The van der Waals surface area contributed by atoms with Gasteiger partial charge in [0.15, 0.2) is 0 Å². The van der Waals surface area contributed by atoms with Crippen molar-refractivity contribution in [2.45, 2.75) is 32.7 Å². The molecule has 1 saturated carbocycles. The van der Waals surface area contributed by atoms with E-state index in [1.165, 1.54) is 5.56 Å². The molecule has 1 atom stereocenters. The van der Waals surface area contributed by atoms with Crippen LogP contribution in [0.2, 0.25) is 0 Å². The first-order valence-corrected chi connectivity index (χ1v) is 10.5. The minimum atomic E-state index is 0.125. The quantitative estimate of drug-likeness (QED) is 0.759. The molecule has 2 aromatic rings. The number of nitrogens with one attached hydrogen (secondary N) is 1. The Labute approximate surface area is 173 Å². The van der Waals surface area contributed by atoms with Crippen molar-refractivity contribution in [3.63, 3.8) is 0 Å². The summed E-state index contributed by atoms with van der Waals surface area (Å²) in [6.07, 6.45) is 3.19. The van der Waals surface area contributed by atoms with Gasteiger partial charge >= 0.3 is 0 Å². The molecule has 1 aliphatic heterocycles. The highest BCUT2D eigenvalue weighted by Crippen LogP contribution is 2.59. The van der Waals surface area contributed by atoms with Gasteiger partial charge in [0.2, 0.25) is 5.91 Å². The number of methoxy groups -OCH3 is 1. The van der Waals surface area contributed by atoms with Crippen LogP contribution < -0.4 is 14.8 Å². The van der Waals surface area contributed by atoms with Crippen LogP contribution in [0.15, 0.2) is 48.5 Å². The molecule has 0 unspecified atom stereocenters. The zero-order chi connectivity index (χ0) is 20.3. The predicted octanol–water partition coefficient (Wildman–Crippen LogP) is 4.33. The minimum Gasteiger partial charge on any atom is -0.495 e. The second kappa shape index (κ2) is 8.46. The molecule has 1 N–H and O–H groups in total. The number of para-hydroxylation sites is 2. The van der Waals surface area contributed by atoms with E-state index in [9.17, 15) is 4.79 Å². The van der Waals surface area contributed by atoms with Crippen LogP contribution >= 0.6 is 0 Å². The molecule has 5 heteroatoms. The van der Waals surface area contributed by atoms with E-state index in [-0.39, 0.29) is 17.2 Å². The number of amides is 1. The summed E-state index contributed by atoms with van der Waals surface area (Å²) in [7, 11) is 1.63. The maximum atomic E-state index is 12.8. The number of carbonyl (C=O) groups excluding carboxylic acids is 1. The standard InChI is InChI=1S/C24H30N2O3/c1-3-29-19-10-8-18(9-11-19)17-26-14-12-24(13-15-26)16-20(24)23(27)25-21-6-4-5-7-22(21)28-2/h4-11,20H,3,12-17H2,1-2H3,(H,25,27)/t20-/m1/s1. The number of likely N-dealkylation sites (tertiary alicyclic amines) is 1. The lowest BCUT2D eigenvalue weighted by Crippen LogP contribution is -2.35. The fraction of sp³-hybridized carbons (Fsp3) is 0.458. The number of anilines is 1. The summed E-state index contributed by atoms with van der Waals surface area (Å²) >= 11 is 0. The number of hydrogen-bond donors (Lipinski definition) is 1. The molecular weight excluding hydrogens is 364 g/mol. The first kappa shape index (κ1) is 19.8. The molecule has 0 bridgehead atoms. The van der Waals surface area contributed by atoms with Crippen molar-refractivity contribution in [3.8, 4) is 11.5 Å². The van der Waals surface area contributed by atoms with Crippen LogP contribution in [0.25, 0.3) is 0 Å². The summed E-state index contributed by atoms with van der Waals surface area (Å²) in [5.41, 5.74) is 2.27. The highest BCUT2D eigenvalue weighted by molar-refractivity contribution is 5.96. The van der Waals surface area contributed by atoms with Crippen LogP contribution in [-0.4, -0.2) is 37.6 Å². The lowest BCUT2D eigenvalue weighted by Gasteiger charge is -2.32. The summed E-state index contributed by atoms with van der Waals surface area (Å²) in [5, 5.41) is 3.07. The summed E-state index contributed by atoms with van der Waals surface area (Å²) in [4.78, 5) is 15.3. The van der Waals surface area contributed by atoms with E-state index in [2.05, 4.69) is 22.3 Å². The van der Waals surface area contributed by atoms with E-state index in [1.807, 2.05) is 43.3 Å². The highest BCUT2D eigenvalue weighted by atomic mass is 16.5. The van der Waals surface area contributed by atoms with Crippen molar-refractivity contribution in [2.75, 3.05) is 32.1 Å². The second-order valence-corrected chi connectivity index (χ2v) is 8.16. The average Bonchev–Trinajstić information content (AvgIpc) is 3.45. The van der Waals surface area contributed by atoms with Crippen LogP contribution in [0.5, 0.6) is 11.5 Å². The van der Waals surface area contributed by atoms with Gasteiger partial charge in [-0.05, 0) is 74.5 Å². The van der Waals surface area contributed by atoms with Gasteiger partial charge in [-0.1, -0.05) is 24.3 Å². The van der Waals surface area contributed by atoms with E-state index in [0.717, 1.165) is 50.3 Å². The SMILES string of the molecule is CCOc1ccc(CN2CCC3(CC2)C[C@@H]3C(=O)Nc2ccccc2OC)cc1. The Balaban J connectivity index is 1.28.